The zero-order valence-corrected chi connectivity index (χ0v) is 7.32. The van der Waals surface area contributed by atoms with Crippen molar-refractivity contribution in [2.75, 3.05) is 12.1 Å². The molecule has 0 atom stereocenters. The quantitative estimate of drug-likeness (QED) is 0.346. The first kappa shape index (κ1) is 9.34. The monoisotopic (exact) mass is 180 g/mol. The van der Waals surface area contributed by atoms with Crippen LogP contribution in [0.5, 0.6) is 0 Å². The Labute approximate surface area is 76.5 Å². The second kappa shape index (κ2) is 4.32. The summed E-state index contributed by atoms with van der Waals surface area (Å²) in [6.07, 6.45) is 0. The third-order valence-electron chi connectivity index (χ3n) is 1.54. The van der Waals surface area contributed by atoms with Crippen LogP contribution in [0, 0.1) is 0 Å². The number of para-hydroxylation sites is 1. The summed E-state index contributed by atoms with van der Waals surface area (Å²) in [6.45, 7) is 0. The Bertz CT molecular complexity index is 275. The number of carbonyl (C=O) groups is 1. The second-order valence-electron chi connectivity index (χ2n) is 2.48. The lowest BCUT2D eigenvalue weighted by atomic mass is 10.3. The van der Waals surface area contributed by atoms with Gasteiger partial charge in [-0.05, 0) is 12.1 Å². The minimum atomic E-state index is -0.452. The summed E-state index contributed by atoms with van der Waals surface area (Å²) in [7, 11) is 1.73. The highest BCUT2D eigenvalue weighted by Gasteiger charge is 2.01. The number of hydrogen-bond donors (Lipinski definition) is 3. The molecule has 4 N–H and O–H groups in total. The van der Waals surface area contributed by atoms with Crippen molar-refractivity contribution in [3.8, 4) is 0 Å². The number of urea groups is 1. The van der Waals surface area contributed by atoms with Crippen LogP contribution >= 0.6 is 0 Å². The normalized spacial score (nSPS) is 9.08. The van der Waals surface area contributed by atoms with Crippen LogP contribution in [-0.4, -0.2) is 13.1 Å². The Morgan fingerprint density at radius 2 is 2.00 bits per heavy atom. The minimum Gasteiger partial charge on any atom is -0.287 e. The van der Waals surface area contributed by atoms with Crippen molar-refractivity contribution in [1.82, 2.24) is 10.9 Å². The predicted octanol–water partition coefficient (Wildman–Crippen LogP) is 0.211. The Kier molecular flexibility index (Phi) is 3.10. The Morgan fingerprint density at radius 1 is 1.38 bits per heavy atom. The molecule has 1 aromatic carbocycles. The van der Waals surface area contributed by atoms with Gasteiger partial charge in [0, 0.05) is 7.05 Å². The number of nitrogens with zero attached hydrogens (tertiary/aromatic N) is 1. The molecule has 0 heterocycles. The molecule has 13 heavy (non-hydrogen) atoms. The number of carbonyl (C=O) groups excluding carboxylic acids is 1. The van der Waals surface area contributed by atoms with E-state index in [2.05, 4.69) is 5.43 Å². The summed E-state index contributed by atoms with van der Waals surface area (Å²) in [4.78, 5) is 10.8. The van der Waals surface area contributed by atoms with Crippen LogP contribution in [0.2, 0.25) is 0 Å². The van der Waals surface area contributed by atoms with E-state index >= 15 is 0 Å². The van der Waals surface area contributed by atoms with Crippen LogP contribution in [0.3, 0.4) is 0 Å². The van der Waals surface area contributed by atoms with E-state index in [1.54, 1.807) is 12.1 Å². The summed E-state index contributed by atoms with van der Waals surface area (Å²) in [6, 6.07) is 8.96. The maximum Gasteiger partial charge on any atom is 0.347 e. The fourth-order valence-corrected chi connectivity index (χ4v) is 0.901. The lowest BCUT2D eigenvalue weighted by Crippen LogP contribution is -2.47. The van der Waals surface area contributed by atoms with E-state index in [-0.39, 0.29) is 0 Å². The van der Waals surface area contributed by atoms with Gasteiger partial charge >= 0.3 is 6.03 Å². The molecule has 0 saturated carbocycles. The summed E-state index contributed by atoms with van der Waals surface area (Å²) in [5, 5.41) is 1.57. The molecule has 0 aliphatic heterocycles. The summed E-state index contributed by atoms with van der Waals surface area (Å²) in [5.41, 5.74) is 5.36. The molecule has 5 heteroatoms. The van der Waals surface area contributed by atoms with E-state index < -0.39 is 6.03 Å². The number of hydrazine groups is 2. The van der Waals surface area contributed by atoms with E-state index in [1.807, 2.05) is 35.8 Å². The summed E-state index contributed by atoms with van der Waals surface area (Å²) < 4.78 is 0. The van der Waals surface area contributed by atoms with Gasteiger partial charge in [0.05, 0.1) is 5.69 Å². The topological polar surface area (TPSA) is 70.4 Å². The molecule has 0 aromatic heterocycles. The third kappa shape index (κ3) is 2.64. The number of anilines is 1. The molecule has 1 aromatic rings. The third-order valence-corrected chi connectivity index (χ3v) is 1.54. The molecular weight excluding hydrogens is 168 g/mol. The maximum atomic E-state index is 10.8. The van der Waals surface area contributed by atoms with Gasteiger partial charge in [0.1, 0.15) is 0 Å². The van der Waals surface area contributed by atoms with E-state index in [0.29, 0.717) is 0 Å². The molecule has 2 amide bonds. The van der Waals surface area contributed by atoms with E-state index in [0.717, 1.165) is 5.69 Å². The molecular formula is C8H12N4O. The van der Waals surface area contributed by atoms with Crippen LogP contribution in [0.1, 0.15) is 0 Å². The van der Waals surface area contributed by atoms with Gasteiger partial charge in [0.25, 0.3) is 0 Å². The van der Waals surface area contributed by atoms with Crippen LogP contribution in [0.25, 0.3) is 0 Å². The molecule has 0 spiro atoms. The van der Waals surface area contributed by atoms with Crippen molar-refractivity contribution in [3.05, 3.63) is 30.3 Å². The zero-order chi connectivity index (χ0) is 9.68. The molecule has 0 unspecified atom stereocenters. The zero-order valence-electron chi connectivity index (χ0n) is 7.32. The van der Waals surface area contributed by atoms with Gasteiger partial charge in [0.2, 0.25) is 0 Å². The fourth-order valence-electron chi connectivity index (χ4n) is 0.901. The number of amides is 2. The van der Waals surface area contributed by atoms with Crippen LogP contribution in [-0.2, 0) is 0 Å². The number of nitrogens with one attached hydrogen (secondary N) is 2. The van der Waals surface area contributed by atoms with Gasteiger partial charge in [-0.1, -0.05) is 18.2 Å². The molecule has 0 saturated heterocycles. The van der Waals surface area contributed by atoms with E-state index in [4.69, 9.17) is 5.84 Å². The van der Waals surface area contributed by atoms with E-state index in [9.17, 15) is 4.79 Å². The standard InChI is InChI=1S/C8H12N4O/c1-12(11-8(13)10-9)7-5-3-2-4-6-7/h2-6H,9H2,1H3,(H2,10,11,13). The molecule has 0 fully saturated rings. The van der Waals surface area contributed by atoms with Gasteiger partial charge in [-0.15, -0.1) is 0 Å². The SMILES string of the molecule is CN(NC(=O)NN)c1ccccc1. The Hall–Kier alpha value is -1.75. The highest BCUT2D eigenvalue weighted by atomic mass is 16.2. The minimum absolute atomic E-state index is 0.452. The largest absolute Gasteiger partial charge is 0.347 e. The van der Waals surface area contributed by atoms with Gasteiger partial charge in [-0.3, -0.25) is 10.4 Å². The highest BCUT2D eigenvalue weighted by molar-refractivity contribution is 5.75. The number of benzene rings is 1. The number of nitrogens with two attached hydrogens (primary N) is 1. The first-order valence-electron chi connectivity index (χ1n) is 3.80. The van der Waals surface area contributed by atoms with Crippen molar-refractivity contribution in [2.24, 2.45) is 5.84 Å². The smallest absolute Gasteiger partial charge is 0.287 e. The van der Waals surface area contributed by atoms with Crippen molar-refractivity contribution in [3.63, 3.8) is 0 Å². The summed E-state index contributed by atoms with van der Waals surface area (Å²) >= 11 is 0. The van der Waals surface area contributed by atoms with Gasteiger partial charge in [-0.2, -0.15) is 0 Å². The fraction of sp³-hybridized carbons (Fsp3) is 0.125. The molecule has 70 valence electrons. The first-order chi connectivity index (χ1) is 6.24. The lowest BCUT2D eigenvalue weighted by molar-refractivity contribution is 0.241. The van der Waals surface area contributed by atoms with Crippen LogP contribution < -0.4 is 21.7 Å². The lowest BCUT2D eigenvalue weighted by Gasteiger charge is -2.19. The van der Waals surface area contributed by atoms with Gasteiger partial charge in [0.15, 0.2) is 0 Å². The Morgan fingerprint density at radius 3 is 2.54 bits per heavy atom. The molecule has 0 bridgehead atoms. The van der Waals surface area contributed by atoms with Crippen LogP contribution in [0.4, 0.5) is 10.5 Å². The number of hydrogen-bond acceptors (Lipinski definition) is 3. The molecule has 0 radical (unpaired) electrons. The molecule has 5 nitrogen and oxygen atoms in total. The van der Waals surface area contributed by atoms with E-state index in [1.165, 1.54) is 0 Å². The first-order valence-corrected chi connectivity index (χ1v) is 3.80. The number of rotatable bonds is 2. The molecule has 0 aliphatic rings. The predicted molar refractivity (Wildman–Crippen MR) is 50.7 cm³/mol. The second-order valence-corrected chi connectivity index (χ2v) is 2.48. The Balaban J connectivity index is 2.59. The summed E-state index contributed by atoms with van der Waals surface area (Å²) in [5.74, 6) is 4.91. The van der Waals surface area contributed by atoms with Crippen molar-refractivity contribution in [1.29, 1.82) is 0 Å². The highest BCUT2D eigenvalue weighted by Crippen LogP contribution is 2.07. The van der Waals surface area contributed by atoms with Gasteiger partial charge in [-0.25, -0.2) is 16.1 Å². The van der Waals surface area contributed by atoms with Crippen molar-refractivity contribution < 1.29 is 4.79 Å². The molecule has 1 rings (SSSR count). The maximum absolute atomic E-state index is 10.8. The van der Waals surface area contributed by atoms with Crippen LogP contribution in [0.15, 0.2) is 30.3 Å². The average molecular weight is 180 g/mol. The van der Waals surface area contributed by atoms with Crippen molar-refractivity contribution >= 4 is 11.7 Å². The average Bonchev–Trinajstić information content (AvgIpc) is 2.19. The molecule has 0 aliphatic carbocycles. The van der Waals surface area contributed by atoms with Gasteiger partial charge < -0.3 is 0 Å². The van der Waals surface area contributed by atoms with Crippen molar-refractivity contribution in [2.45, 2.75) is 0 Å².